The number of benzene rings is 3. The summed E-state index contributed by atoms with van der Waals surface area (Å²) in [5.41, 5.74) is 3.64. The van der Waals surface area contributed by atoms with E-state index < -0.39 is 0 Å². The molecule has 0 spiro atoms. The van der Waals surface area contributed by atoms with Gasteiger partial charge in [0.1, 0.15) is 17.4 Å². The summed E-state index contributed by atoms with van der Waals surface area (Å²) in [7, 11) is 0. The third kappa shape index (κ3) is 3.83. The molecule has 1 heterocycles. The summed E-state index contributed by atoms with van der Waals surface area (Å²) < 4.78 is 33.5. The van der Waals surface area contributed by atoms with Gasteiger partial charge in [0, 0.05) is 16.6 Å². The number of fused-ring (bicyclic) bond motifs is 1. The Labute approximate surface area is 169 Å². The molecule has 0 fully saturated rings. The maximum atomic E-state index is 13.6. The number of nitrogens with zero attached hydrogens (tertiary/aromatic N) is 1. The van der Waals surface area contributed by atoms with Crippen molar-refractivity contribution in [3.8, 4) is 0 Å². The Kier molecular flexibility index (Phi) is 4.79. The molecule has 0 atom stereocenters. The smallest absolute Gasteiger partial charge is 0.200 e. The van der Waals surface area contributed by atoms with Gasteiger partial charge < -0.3 is 4.74 Å². The Hall–Kier alpha value is -3.27. The van der Waals surface area contributed by atoms with E-state index in [1.807, 2.05) is 45.0 Å². The first-order valence-electron chi connectivity index (χ1n) is 9.45. The van der Waals surface area contributed by atoms with Crippen molar-refractivity contribution in [2.75, 3.05) is 0 Å². The van der Waals surface area contributed by atoms with Crippen molar-refractivity contribution in [3.05, 3.63) is 101 Å². The van der Waals surface area contributed by atoms with Crippen LogP contribution in [0.25, 0.3) is 11.3 Å². The first kappa shape index (κ1) is 19.1. The molecule has 4 rings (SSSR count). The molecule has 146 valence electrons. The summed E-state index contributed by atoms with van der Waals surface area (Å²) in [5, 5.41) is 0. The van der Waals surface area contributed by atoms with Crippen LogP contribution in [-0.2, 0) is 4.74 Å². The highest BCUT2D eigenvalue weighted by molar-refractivity contribution is 6.04. The van der Waals surface area contributed by atoms with Crippen molar-refractivity contribution < 1.29 is 13.5 Å². The maximum absolute atomic E-state index is 13.6. The van der Waals surface area contributed by atoms with E-state index in [9.17, 15) is 8.78 Å². The lowest BCUT2D eigenvalue weighted by Crippen LogP contribution is -2.25. The van der Waals surface area contributed by atoms with Crippen molar-refractivity contribution in [1.82, 2.24) is 0 Å². The number of rotatable bonds is 2. The summed E-state index contributed by atoms with van der Waals surface area (Å²) in [6.07, 6.45) is 0. The zero-order valence-corrected chi connectivity index (χ0v) is 16.5. The van der Waals surface area contributed by atoms with Gasteiger partial charge in [-0.25, -0.2) is 13.8 Å². The lowest BCUT2D eigenvalue weighted by atomic mass is 9.91. The second-order valence-corrected chi connectivity index (χ2v) is 8.00. The Bertz CT molecular complexity index is 1060. The largest absolute Gasteiger partial charge is 0.441 e. The van der Waals surface area contributed by atoms with Crippen LogP contribution in [0.3, 0.4) is 0 Å². The van der Waals surface area contributed by atoms with Gasteiger partial charge in [-0.15, -0.1) is 0 Å². The van der Waals surface area contributed by atoms with E-state index in [1.54, 1.807) is 24.3 Å². The Balaban J connectivity index is 2.03. The second kappa shape index (κ2) is 7.28. The fourth-order valence-electron chi connectivity index (χ4n) is 3.22. The van der Waals surface area contributed by atoms with Gasteiger partial charge in [0.2, 0.25) is 5.90 Å². The molecule has 0 saturated carbocycles. The lowest BCUT2D eigenvalue weighted by Gasteiger charge is -2.29. The van der Waals surface area contributed by atoms with Crippen molar-refractivity contribution in [2.45, 2.75) is 20.8 Å². The third-order valence-corrected chi connectivity index (χ3v) is 4.70. The van der Waals surface area contributed by atoms with E-state index in [-0.39, 0.29) is 17.0 Å². The van der Waals surface area contributed by atoms with Crippen LogP contribution in [0.5, 0.6) is 0 Å². The zero-order valence-electron chi connectivity index (χ0n) is 16.5. The fourth-order valence-corrected chi connectivity index (χ4v) is 3.22. The summed E-state index contributed by atoms with van der Waals surface area (Å²) in [6.45, 7) is 6.10. The predicted molar refractivity (Wildman–Crippen MR) is 113 cm³/mol. The minimum absolute atomic E-state index is 0.310. The monoisotopic (exact) mass is 389 g/mol. The van der Waals surface area contributed by atoms with Gasteiger partial charge in [-0.3, -0.25) is 0 Å². The van der Waals surface area contributed by atoms with Crippen molar-refractivity contribution in [1.29, 1.82) is 0 Å². The van der Waals surface area contributed by atoms with Crippen molar-refractivity contribution in [3.63, 3.8) is 0 Å². The molecule has 0 radical (unpaired) electrons. The first-order chi connectivity index (χ1) is 13.8. The van der Waals surface area contributed by atoms with Crippen LogP contribution >= 0.6 is 0 Å². The van der Waals surface area contributed by atoms with Gasteiger partial charge in [0.25, 0.3) is 0 Å². The number of hydrogen-bond donors (Lipinski definition) is 0. The summed E-state index contributed by atoms with van der Waals surface area (Å²) in [6, 6.07) is 20.2. The molecule has 3 aromatic carbocycles. The minimum atomic E-state index is -0.320. The Morgan fingerprint density at radius 3 is 1.79 bits per heavy atom. The average Bonchev–Trinajstić information content (AvgIpc) is 2.70. The number of para-hydroxylation sites is 1. The number of halogens is 2. The van der Waals surface area contributed by atoms with Crippen LogP contribution in [0.15, 0.2) is 77.8 Å². The Morgan fingerprint density at radius 2 is 1.28 bits per heavy atom. The van der Waals surface area contributed by atoms with Crippen LogP contribution in [0.1, 0.15) is 37.5 Å². The molecule has 4 heteroatoms. The molecule has 0 unspecified atom stereocenters. The normalized spacial score (nSPS) is 13.4. The fraction of sp³-hybridized carbons (Fsp3) is 0.160. The molecule has 1 aliphatic rings. The van der Waals surface area contributed by atoms with Crippen LogP contribution in [0.2, 0.25) is 0 Å². The number of aliphatic imine (C=N–C) groups is 1. The Morgan fingerprint density at radius 1 is 0.759 bits per heavy atom. The van der Waals surface area contributed by atoms with Crippen molar-refractivity contribution >= 4 is 22.9 Å². The molecule has 0 bridgehead atoms. The predicted octanol–water partition coefficient (Wildman–Crippen LogP) is 6.99. The summed E-state index contributed by atoms with van der Waals surface area (Å²) in [4.78, 5) is 4.71. The standard InChI is InChI=1S/C25H21F2NO/c1-25(2,3)24-28-21-7-5-4-6-20(21)23(29-24)22(16-8-12-18(26)13-9-16)17-10-14-19(27)15-11-17/h4-15H,1-3H3. The van der Waals surface area contributed by atoms with Crippen LogP contribution in [0, 0.1) is 17.0 Å². The van der Waals surface area contributed by atoms with Crippen molar-refractivity contribution in [2.24, 2.45) is 10.4 Å². The van der Waals surface area contributed by atoms with E-state index in [0.29, 0.717) is 11.7 Å². The zero-order chi connectivity index (χ0) is 20.6. The topological polar surface area (TPSA) is 21.6 Å². The van der Waals surface area contributed by atoms with Crippen LogP contribution < -0.4 is 0 Å². The average molecular weight is 389 g/mol. The molecule has 29 heavy (non-hydrogen) atoms. The van der Waals surface area contributed by atoms with Gasteiger partial charge >= 0.3 is 0 Å². The van der Waals surface area contributed by atoms with Gasteiger partial charge in [-0.1, -0.05) is 57.2 Å². The molecule has 0 aliphatic carbocycles. The molecular weight excluding hydrogens is 368 g/mol. The van der Waals surface area contributed by atoms with E-state index in [0.717, 1.165) is 28.0 Å². The molecule has 0 amide bonds. The van der Waals surface area contributed by atoms with E-state index >= 15 is 0 Å². The van der Waals surface area contributed by atoms with Gasteiger partial charge in [-0.05, 0) is 47.5 Å². The molecule has 0 aromatic heterocycles. The lowest BCUT2D eigenvalue weighted by molar-refractivity contribution is 0.403. The molecule has 3 aromatic rings. The molecule has 0 saturated heterocycles. The summed E-state index contributed by atoms with van der Waals surface area (Å²) >= 11 is 0. The number of ether oxygens (including phenoxy) is 1. The van der Waals surface area contributed by atoms with Gasteiger partial charge in [0.05, 0.1) is 5.69 Å². The quantitative estimate of drug-likeness (QED) is 0.463. The van der Waals surface area contributed by atoms with Crippen LogP contribution in [-0.4, -0.2) is 5.90 Å². The third-order valence-electron chi connectivity index (χ3n) is 4.70. The van der Waals surface area contributed by atoms with E-state index in [1.165, 1.54) is 24.3 Å². The highest BCUT2D eigenvalue weighted by Crippen LogP contribution is 2.42. The first-order valence-corrected chi connectivity index (χ1v) is 9.45. The maximum Gasteiger partial charge on any atom is 0.200 e. The number of hydrogen-bond acceptors (Lipinski definition) is 2. The highest BCUT2D eigenvalue weighted by Gasteiger charge is 2.30. The SMILES string of the molecule is CC(C)(C)C1=Nc2ccccc2C(=C(c2ccc(F)cc2)c2ccc(F)cc2)O1. The molecule has 0 N–H and O–H groups in total. The molecule has 1 aliphatic heterocycles. The van der Waals surface area contributed by atoms with Crippen LogP contribution in [0.4, 0.5) is 14.5 Å². The minimum Gasteiger partial charge on any atom is -0.441 e. The molecular formula is C25H21F2NO. The summed E-state index contributed by atoms with van der Waals surface area (Å²) in [5.74, 6) is 0.574. The molecule has 2 nitrogen and oxygen atoms in total. The highest BCUT2D eigenvalue weighted by atomic mass is 19.1. The van der Waals surface area contributed by atoms with Gasteiger partial charge in [0.15, 0.2) is 0 Å². The van der Waals surface area contributed by atoms with E-state index in [4.69, 9.17) is 9.73 Å². The van der Waals surface area contributed by atoms with Gasteiger partial charge in [-0.2, -0.15) is 0 Å². The van der Waals surface area contributed by atoms with E-state index in [2.05, 4.69) is 0 Å². The second-order valence-electron chi connectivity index (χ2n) is 8.00.